The summed E-state index contributed by atoms with van der Waals surface area (Å²) in [6.45, 7) is 23.3. The predicted molar refractivity (Wildman–Crippen MR) is 178 cm³/mol. The van der Waals surface area contributed by atoms with Crippen molar-refractivity contribution in [2.24, 2.45) is 0 Å². The highest BCUT2D eigenvalue weighted by Gasteiger charge is 2.07. The van der Waals surface area contributed by atoms with Gasteiger partial charge >= 0.3 is 0 Å². The molecule has 0 bridgehead atoms. The molecule has 0 amide bonds. The van der Waals surface area contributed by atoms with Crippen LogP contribution in [0.4, 0.5) is 0 Å². The van der Waals surface area contributed by atoms with Crippen molar-refractivity contribution in [3.8, 4) is 0 Å². The van der Waals surface area contributed by atoms with E-state index in [0.29, 0.717) is 139 Å². The molecule has 13 nitrogen and oxygen atoms in total. The van der Waals surface area contributed by atoms with Crippen LogP contribution in [0.2, 0.25) is 0 Å². The summed E-state index contributed by atoms with van der Waals surface area (Å²) in [6.07, 6.45) is 2.32. The molecule has 0 saturated heterocycles. The van der Waals surface area contributed by atoms with E-state index < -0.39 is 0 Å². The summed E-state index contributed by atoms with van der Waals surface area (Å²) in [6, 6.07) is 0. The van der Waals surface area contributed by atoms with E-state index in [0.717, 1.165) is 12.7 Å². The Morgan fingerprint density at radius 1 is 0.413 bits per heavy atom. The lowest BCUT2D eigenvalue weighted by Crippen LogP contribution is -2.20. The van der Waals surface area contributed by atoms with Crippen LogP contribution in [-0.2, 0) is 61.6 Å². The van der Waals surface area contributed by atoms with E-state index in [9.17, 15) is 4.79 Å². The van der Waals surface area contributed by atoms with Gasteiger partial charge in [-0.2, -0.15) is 0 Å². The first-order chi connectivity index (χ1) is 22.0. The van der Waals surface area contributed by atoms with Gasteiger partial charge in [0, 0.05) is 26.1 Å². The largest absolute Gasteiger partial charge is 0.379 e. The minimum Gasteiger partial charge on any atom is -0.379 e. The van der Waals surface area contributed by atoms with Gasteiger partial charge in [-0.15, -0.1) is 0 Å². The molecule has 0 aliphatic carbocycles. The first kappa shape index (κ1) is 49.6. The molecule has 0 N–H and O–H groups in total. The Morgan fingerprint density at radius 3 is 0.978 bits per heavy atom. The third kappa shape index (κ3) is 47.6. The van der Waals surface area contributed by atoms with Gasteiger partial charge in [0.2, 0.25) is 0 Å². The van der Waals surface area contributed by atoms with E-state index in [1.807, 2.05) is 41.5 Å². The summed E-state index contributed by atoms with van der Waals surface area (Å²) >= 11 is 0. The van der Waals surface area contributed by atoms with Gasteiger partial charge < -0.3 is 61.6 Å². The summed E-state index contributed by atoms with van der Waals surface area (Å²) < 4.78 is 64.4. The smallest absolute Gasteiger partial charge is 0.159 e. The fourth-order valence-electron chi connectivity index (χ4n) is 3.11. The van der Waals surface area contributed by atoms with Gasteiger partial charge in [0.15, 0.2) is 6.29 Å². The molecule has 0 aromatic heterocycles. The molecule has 0 heterocycles. The van der Waals surface area contributed by atoms with Crippen LogP contribution >= 0.6 is 0 Å². The topological polar surface area (TPSA) is 128 Å². The Balaban J connectivity index is -0.000000806. The SMILES string of the molecule is C.CC(C)OCCOCCOCCOCCOCCC=O.CCOC(CCOCCOCCOCCOCCOC(C)C)OCC. The quantitative estimate of drug-likeness (QED) is 0.0541. The van der Waals surface area contributed by atoms with E-state index in [1.165, 1.54) is 0 Å². The normalized spacial score (nSPS) is 11.2. The van der Waals surface area contributed by atoms with Crippen molar-refractivity contribution in [1.82, 2.24) is 0 Å². The zero-order chi connectivity index (χ0) is 33.5. The number of ether oxygens (including phenoxy) is 12. The molecule has 0 atom stereocenters. The minimum absolute atomic E-state index is 0. The summed E-state index contributed by atoms with van der Waals surface area (Å²) in [4.78, 5) is 10.0. The third-order valence-electron chi connectivity index (χ3n) is 5.17. The average molecular weight is 675 g/mol. The standard InChI is InChI=1S/C18H38O7.C14H28O6.CH4/c1-5-23-18(24-6-2)7-8-19-9-10-20-11-12-21-13-14-22-15-16-25-17(3)4;1-14(2)20-13-12-19-11-10-18-9-8-17-7-6-16-5-3-4-15;/h17-18H,5-16H2,1-4H3;4,14H,3,5-13H2,1-2H3;1H4. The summed E-state index contributed by atoms with van der Waals surface area (Å²) in [7, 11) is 0. The van der Waals surface area contributed by atoms with Crippen LogP contribution in [0, 0.1) is 0 Å². The number of hydrogen-bond acceptors (Lipinski definition) is 13. The Bertz CT molecular complexity index is 536. The van der Waals surface area contributed by atoms with Crippen LogP contribution in [0.15, 0.2) is 0 Å². The molecule has 280 valence electrons. The molecule has 0 spiro atoms. The van der Waals surface area contributed by atoms with Gasteiger partial charge in [0.05, 0.1) is 131 Å². The van der Waals surface area contributed by atoms with Gasteiger partial charge in [0.25, 0.3) is 0 Å². The molecule has 0 fully saturated rings. The molecule has 0 rings (SSSR count). The molecule has 0 radical (unpaired) electrons. The van der Waals surface area contributed by atoms with Crippen molar-refractivity contribution in [2.75, 3.05) is 132 Å². The van der Waals surface area contributed by atoms with Crippen molar-refractivity contribution >= 4 is 6.29 Å². The highest BCUT2D eigenvalue weighted by Crippen LogP contribution is 2.01. The van der Waals surface area contributed by atoms with E-state index in [2.05, 4.69) is 0 Å². The van der Waals surface area contributed by atoms with E-state index in [-0.39, 0.29) is 25.9 Å². The van der Waals surface area contributed by atoms with E-state index in [1.54, 1.807) is 0 Å². The Labute approximate surface area is 280 Å². The van der Waals surface area contributed by atoms with Gasteiger partial charge in [-0.1, -0.05) is 7.43 Å². The summed E-state index contributed by atoms with van der Waals surface area (Å²) in [5.41, 5.74) is 0. The number of carbonyl (C=O) groups is 1. The minimum atomic E-state index is -0.177. The van der Waals surface area contributed by atoms with Crippen LogP contribution in [0.5, 0.6) is 0 Å². The molecule has 0 aliphatic rings. The van der Waals surface area contributed by atoms with Gasteiger partial charge in [-0.25, -0.2) is 0 Å². The second-order valence-corrected chi connectivity index (χ2v) is 9.82. The average Bonchev–Trinajstić information content (AvgIpc) is 3.01. The van der Waals surface area contributed by atoms with E-state index >= 15 is 0 Å². The van der Waals surface area contributed by atoms with Crippen molar-refractivity contribution in [3.05, 3.63) is 0 Å². The maximum Gasteiger partial charge on any atom is 0.159 e. The Morgan fingerprint density at radius 2 is 0.696 bits per heavy atom. The summed E-state index contributed by atoms with van der Waals surface area (Å²) in [5.74, 6) is 0. The Hall–Kier alpha value is -0.810. The van der Waals surface area contributed by atoms with Crippen LogP contribution in [0.25, 0.3) is 0 Å². The highest BCUT2D eigenvalue weighted by molar-refractivity contribution is 5.49. The zero-order valence-electron chi connectivity index (χ0n) is 29.2. The van der Waals surface area contributed by atoms with E-state index in [4.69, 9.17) is 56.8 Å². The maximum atomic E-state index is 10.0. The highest BCUT2D eigenvalue weighted by atomic mass is 16.7. The fraction of sp³-hybridized carbons (Fsp3) is 0.970. The lowest BCUT2D eigenvalue weighted by atomic mass is 10.4. The van der Waals surface area contributed by atoms with Crippen LogP contribution in [0.1, 0.15) is 61.8 Å². The first-order valence-corrected chi connectivity index (χ1v) is 16.5. The molecule has 46 heavy (non-hydrogen) atoms. The number of carbonyl (C=O) groups excluding carboxylic acids is 1. The molecule has 0 aromatic rings. The van der Waals surface area contributed by atoms with Crippen molar-refractivity contribution < 1.29 is 61.6 Å². The van der Waals surface area contributed by atoms with Gasteiger partial charge in [-0.3, -0.25) is 0 Å². The second-order valence-electron chi connectivity index (χ2n) is 9.82. The zero-order valence-corrected chi connectivity index (χ0v) is 29.2. The molecule has 0 aliphatic heterocycles. The van der Waals surface area contributed by atoms with Crippen molar-refractivity contribution in [2.45, 2.75) is 80.3 Å². The van der Waals surface area contributed by atoms with Crippen LogP contribution in [-0.4, -0.2) is 157 Å². The van der Waals surface area contributed by atoms with Gasteiger partial charge in [0.1, 0.15) is 6.29 Å². The van der Waals surface area contributed by atoms with Crippen LogP contribution in [0.3, 0.4) is 0 Å². The van der Waals surface area contributed by atoms with Crippen molar-refractivity contribution in [1.29, 1.82) is 0 Å². The molecular formula is C33H70O13. The molecule has 0 saturated carbocycles. The lowest BCUT2D eigenvalue weighted by molar-refractivity contribution is -0.147. The monoisotopic (exact) mass is 674 g/mol. The first-order valence-electron chi connectivity index (χ1n) is 16.5. The summed E-state index contributed by atoms with van der Waals surface area (Å²) in [5, 5.41) is 0. The molecular weight excluding hydrogens is 604 g/mol. The second kappa shape index (κ2) is 44.2. The predicted octanol–water partition coefficient (Wildman–Crippen LogP) is 3.97. The number of hydrogen-bond donors (Lipinski definition) is 0. The van der Waals surface area contributed by atoms with Gasteiger partial charge in [-0.05, 0) is 41.5 Å². The molecule has 0 aromatic carbocycles. The Kier molecular flexibility index (Phi) is 47.6. The molecule has 13 heteroatoms. The molecule has 0 unspecified atom stereocenters. The fourth-order valence-corrected chi connectivity index (χ4v) is 3.11. The maximum absolute atomic E-state index is 10.0. The van der Waals surface area contributed by atoms with Crippen LogP contribution < -0.4 is 0 Å². The third-order valence-corrected chi connectivity index (χ3v) is 5.17. The van der Waals surface area contributed by atoms with Crippen molar-refractivity contribution in [3.63, 3.8) is 0 Å². The number of aldehydes is 1. The lowest BCUT2D eigenvalue weighted by Gasteiger charge is -2.16. The number of rotatable bonds is 36.